The molecule has 0 fully saturated rings. The number of aryl methyl sites for hydroxylation is 2. The zero-order valence-corrected chi connectivity index (χ0v) is 14.8. The minimum absolute atomic E-state index is 0.0977. The molecule has 26 heavy (non-hydrogen) atoms. The highest BCUT2D eigenvalue weighted by atomic mass is 32.2. The minimum Gasteiger partial charge on any atom is -0.423 e. The van der Waals surface area contributed by atoms with E-state index < -0.39 is 10.9 Å². The average Bonchev–Trinajstić information content (AvgIpc) is 3.00. The van der Waals surface area contributed by atoms with Crippen LogP contribution in [0.4, 0.5) is 5.69 Å². The lowest BCUT2D eigenvalue weighted by atomic mass is 10.2. The standard InChI is InChI=1S/C17H14N4O4S/c1-11-4-3-5-13(8-11)25-16(22)12-6-7-15(14(9-12)21(23)24)26-17-19-18-10-20(17)2/h3-10H,1-2H3. The van der Waals surface area contributed by atoms with Crippen LogP contribution in [0.25, 0.3) is 0 Å². The van der Waals surface area contributed by atoms with Gasteiger partial charge in [0.15, 0.2) is 5.16 Å². The van der Waals surface area contributed by atoms with Crippen LogP contribution in [0.5, 0.6) is 5.75 Å². The summed E-state index contributed by atoms with van der Waals surface area (Å²) in [7, 11) is 1.74. The third kappa shape index (κ3) is 3.89. The summed E-state index contributed by atoms with van der Waals surface area (Å²) in [5, 5.41) is 19.5. The molecule has 0 atom stereocenters. The fourth-order valence-corrected chi connectivity index (χ4v) is 3.03. The van der Waals surface area contributed by atoms with Gasteiger partial charge in [0.25, 0.3) is 5.69 Å². The van der Waals surface area contributed by atoms with Crippen LogP contribution >= 0.6 is 11.8 Å². The molecular weight excluding hydrogens is 356 g/mol. The maximum Gasteiger partial charge on any atom is 0.343 e. The number of hydrogen-bond acceptors (Lipinski definition) is 7. The Balaban J connectivity index is 1.87. The van der Waals surface area contributed by atoms with Gasteiger partial charge in [-0.15, -0.1) is 10.2 Å². The number of nitrogens with zero attached hydrogens (tertiary/aromatic N) is 4. The summed E-state index contributed by atoms with van der Waals surface area (Å²) in [5.74, 6) is -0.274. The van der Waals surface area contributed by atoms with Gasteiger partial charge in [-0.05, 0) is 48.5 Å². The summed E-state index contributed by atoms with van der Waals surface area (Å²) in [6.45, 7) is 1.88. The monoisotopic (exact) mass is 370 g/mol. The molecule has 3 rings (SSSR count). The molecule has 0 amide bonds. The highest BCUT2D eigenvalue weighted by Crippen LogP contribution is 2.34. The number of carbonyl (C=O) groups excluding carboxylic acids is 1. The van der Waals surface area contributed by atoms with Gasteiger partial charge in [-0.25, -0.2) is 4.79 Å². The largest absolute Gasteiger partial charge is 0.423 e. The molecule has 0 aliphatic rings. The van der Waals surface area contributed by atoms with Gasteiger partial charge < -0.3 is 9.30 Å². The van der Waals surface area contributed by atoms with Crippen LogP contribution in [0.1, 0.15) is 15.9 Å². The summed E-state index contributed by atoms with van der Waals surface area (Å²) in [6.07, 6.45) is 1.50. The summed E-state index contributed by atoms with van der Waals surface area (Å²) in [5.41, 5.74) is 0.842. The number of esters is 1. The normalized spacial score (nSPS) is 10.5. The van der Waals surface area contributed by atoms with Crippen molar-refractivity contribution in [2.75, 3.05) is 0 Å². The van der Waals surface area contributed by atoms with E-state index in [0.717, 1.165) is 17.3 Å². The zero-order valence-electron chi connectivity index (χ0n) is 13.9. The molecule has 0 bridgehead atoms. The SMILES string of the molecule is Cc1cccc(OC(=O)c2ccc(Sc3nncn3C)c([N+](=O)[O-])c2)c1. The van der Waals surface area contributed by atoms with Crippen molar-refractivity contribution in [1.29, 1.82) is 0 Å². The van der Waals surface area contributed by atoms with Gasteiger partial charge in [0.2, 0.25) is 0 Å². The number of benzene rings is 2. The van der Waals surface area contributed by atoms with Gasteiger partial charge in [0.1, 0.15) is 12.1 Å². The Morgan fingerprint density at radius 2 is 2.08 bits per heavy atom. The molecular formula is C17H14N4O4S. The second-order valence-electron chi connectivity index (χ2n) is 5.47. The summed E-state index contributed by atoms with van der Waals surface area (Å²) in [6, 6.07) is 11.2. The first-order valence-electron chi connectivity index (χ1n) is 7.53. The number of nitro groups is 1. The number of nitro benzene ring substituents is 1. The smallest absolute Gasteiger partial charge is 0.343 e. The van der Waals surface area contributed by atoms with Crippen molar-refractivity contribution in [2.45, 2.75) is 17.0 Å². The molecule has 1 aromatic heterocycles. The highest BCUT2D eigenvalue weighted by molar-refractivity contribution is 7.99. The Hall–Kier alpha value is -3.20. The Morgan fingerprint density at radius 3 is 2.73 bits per heavy atom. The molecule has 0 aliphatic carbocycles. The number of carbonyl (C=O) groups is 1. The molecule has 132 valence electrons. The second-order valence-corrected chi connectivity index (χ2v) is 6.48. The van der Waals surface area contributed by atoms with Gasteiger partial charge in [0, 0.05) is 13.1 Å². The maximum absolute atomic E-state index is 12.3. The van der Waals surface area contributed by atoms with E-state index in [9.17, 15) is 14.9 Å². The van der Waals surface area contributed by atoms with Crippen molar-refractivity contribution in [2.24, 2.45) is 7.05 Å². The minimum atomic E-state index is -0.658. The lowest BCUT2D eigenvalue weighted by molar-refractivity contribution is -0.387. The average molecular weight is 370 g/mol. The molecule has 0 unspecified atom stereocenters. The molecule has 3 aromatic rings. The molecule has 1 heterocycles. The number of rotatable bonds is 5. The lowest BCUT2D eigenvalue weighted by Crippen LogP contribution is -2.09. The van der Waals surface area contributed by atoms with Crippen LogP contribution in [0.2, 0.25) is 0 Å². The van der Waals surface area contributed by atoms with E-state index in [1.165, 1.54) is 24.5 Å². The third-order valence-electron chi connectivity index (χ3n) is 3.46. The molecule has 8 nitrogen and oxygen atoms in total. The van der Waals surface area contributed by atoms with Crippen molar-refractivity contribution in [3.05, 3.63) is 70.0 Å². The van der Waals surface area contributed by atoms with Crippen molar-refractivity contribution in [1.82, 2.24) is 14.8 Å². The van der Waals surface area contributed by atoms with Crippen molar-refractivity contribution in [3.8, 4) is 5.75 Å². The topological polar surface area (TPSA) is 100 Å². The van der Waals surface area contributed by atoms with E-state index in [4.69, 9.17) is 4.74 Å². The van der Waals surface area contributed by atoms with Crippen molar-refractivity contribution in [3.63, 3.8) is 0 Å². The Kier molecular flexibility index (Phi) is 4.99. The molecule has 0 aliphatic heterocycles. The van der Waals surface area contributed by atoms with Crippen LogP contribution in [0.3, 0.4) is 0 Å². The van der Waals surface area contributed by atoms with E-state index in [1.807, 2.05) is 13.0 Å². The molecule has 0 saturated heterocycles. The Labute approximate surface area is 153 Å². The quantitative estimate of drug-likeness (QED) is 0.294. The molecule has 2 aromatic carbocycles. The van der Waals surface area contributed by atoms with Crippen molar-refractivity contribution < 1.29 is 14.5 Å². The Morgan fingerprint density at radius 1 is 1.27 bits per heavy atom. The molecule has 0 saturated carbocycles. The van der Waals surface area contributed by atoms with Gasteiger partial charge in [-0.1, -0.05) is 12.1 Å². The number of ether oxygens (including phenoxy) is 1. The number of hydrogen-bond donors (Lipinski definition) is 0. The van der Waals surface area contributed by atoms with Crippen LogP contribution < -0.4 is 4.74 Å². The molecule has 0 spiro atoms. The first-order valence-corrected chi connectivity index (χ1v) is 8.35. The summed E-state index contributed by atoms with van der Waals surface area (Å²) >= 11 is 1.10. The van der Waals surface area contributed by atoms with Gasteiger partial charge in [-0.3, -0.25) is 10.1 Å². The van der Waals surface area contributed by atoms with Crippen LogP contribution in [-0.2, 0) is 7.05 Å². The number of aromatic nitrogens is 3. The second kappa shape index (κ2) is 7.36. The first-order chi connectivity index (χ1) is 12.4. The van der Waals surface area contributed by atoms with Gasteiger partial charge in [-0.2, -0.15) is 0 Å². The lowest BCUT2D eigenvalue weighted by Gasteiger charge is -2.07. The maximum atomic E-state index is 12.3. The third-order valence-corrected chi connectivity index (χ3v) is 4.58. The van der Waals surface area contributed by atoms with E-state index in [1.54, 1.807) is 29.8 Å². The molecule has 0 N–H and O–H groups in total. The van der Waals surface area contributed by atoms with E-state index in [2.05, 4.69) is 10.2 Å². The highest BCUT2D eigenvalue weighted by Gasteiger charge is 2.21. The van der Waals surface area contributed by atoms with E-state index in [-0.39, 0.29) is 11.3 Å². The fraction of sp³-hybridized carbons (Fsp3) is 0.118. The van der Waals surface area contributed by atoms with E-state index in [0.29, 0.717) is 15.8 Å². The van der Waals surface area contributed by atoms with E-state index >= 15 is 0 Å². The van der Waals surface area contributed by atoms with Crippen molar-refractivity contribution >= 4 is 23.4 Å². The predicted molar refractivity (Wildman–Crippen MR) is 94.4 cm³/mol. The van der Waals surface area contributed by atoms with Gasteiger partial charge >= 0.3 is 5.97 Å². The fourth-order valence-electron chi connectivity index (χ4n) is 2.18. The summed E-state index contributed by atoms with van der Waals surface area (Å²) < 4.78 is 6.93. The predicted octanol–water partition coefficient (Wildman–Crippen LogP) is 3.40. The van der Waals surface area contributed by atoms with Crippen LogP contribution in [-0.4, -0.2) is 25.7 Å². The molecule has 0 radical (unpaired) electrons. The Bertz CT molecular complexity index is 986. The summed E-state index contributed by atoms with van der Waals surface area (Å²) in [4.78, 5) is 23.5. The zero-order chi connectivity index (χ0) is 18.7. The molecule has 9 heteroatoms. The van der Waals surface area contributed by atoms with Crippen LogP contribution in [0.15, 0.2) is 58.8 Å². The van der Waals surface area contributed by atoms with Crippen LogP contribution in [0, 0.1) is 17.0 Å². The van der Waals surface area contributed by atoms with Gasteiger partial charge in [0.05, 0.1) is 15.4 Å². The first kappa shape index (κ1) is 17.6.